The van der Waals surface area contributed by atoms with Crippen molar-refractivity contribution in [1.29, 1.82) is 0 Å². The SMILES string of the molecule is CC(NC(=O)C1CC(=O)N(c2ccc3c(c2)OCCO3)C1)c1ncn[nH]1. The van der Waals surface area contributed by atoms with E-state index in [1.165, 1.54) is 6.33 Å². The molecule has 2 aliphatic rings. The molecule has 1 saturated heterocycles. The number of anilines is 1. The minimum absolute atomic E-state index is 0.0888. The number of amides is 2. The first kappa shape index (κ1) is 16.4. The highest BCUT2D eigenvalue weighted by Crippen LogP contribution is 2.36. The number of benzene rings is 1. The van der Waals surface area contributed by atoms with E-state index in [-0.39, 0.29) is 24.3 Å². The molecule has 0 aliphatic carbocycles. The van der Waals surface area contributed by atoms with E-state index in [1.807, 2.05) is 13.0 Å². The van der Waals surface area contributed by atoms with Gasteiger partial charge in [0.1, 0.15) is 25.4 Å². The maximum Gasteiger partial charge on any atom is 0.227 e. The molecule has 2 aromatic rings. The van der Waals surface area contributed by atoms with Crippen molar-refractivity contribution in [3.8, 4) is 11.5 Å². The number of fused-ring (bicyclic) bond motifs is 1. The van der Waals surface area contributed by atoms with Gasteiger partial charge in [0, 0.05) is 24.7 Å². The Hall–Kier alpha value is -3.10. The van der Waals surface area contributed by atoms with Crippen LogP contribution < -0.4 is 19.7 Å². The van der Waals surface area contributed by atoms with Crippen LogP contribution in [0, 0.1) is 5.92 Å². The second-order valence-corrected chi connectivity index (χ2v) is 6.33. The minimum atomic E-state index is -0.416. The lowest BCUT2D eigenvalue weighted by molar-refractivity contribution is -0.126. The smallest absolute Gasteiger partial charge is 0.227 e. The normalized spacial score (nSPS) is 20.1. The molecule has 0 bridgehead atoms. The van der Waals surface area contributed by atoms with Gasteiger partial charge in [0.05, 0.1) is 12.0 Å². The second-order valence-electron chi connectivity index (χ2n) is 6.33. The summed E-state index contributed by atoms with van der Waals surface area (Å²) in [6.07, 6.45) is 1.56. The van der Waals surface area contributed by atoms with Gasteiger partial charge in [-0.25, -0.2) is 4.98 Å². The fraction of sp³-hybridized carbons (Fsp3) is 0.412. The van der Waals surface area contributed by atoms with E-state index in [4.69, 9.17) is 9.47 Å². The molecule has 2 N–H and O–H groups in total. The fourth-order valence-electron chi connectivity index (χ4n) is 3.16. The van der Waals surface area contributed by atoms with Crippen LogP contribution in [0.25, 0.3) is 0 Å². The first-order chi connectivity index (χ1) is 12.6. The summed E-state index contributed by atoms with van der Waals surface area (Å²) in [5.41, 5.74) is 0.706. The number of hydrogen-bond donors (Lipinski definition) is 2. The molecule has 2 atom stereocenters. The Morgan fingerprint density at radius 3 is 2.92 bits per heavy atom. The average molecular weight is 357 g/mol. The summed E-state index contributed by atoms with van der Waals surface area (Å²) < 4.78 is 11.1. The van der Waals surface area contributed by atoms with Crippen LogP contribution in [0.3, 0.4) is 0 Å². The number of aromatic nitrogens is 3. The third-order valence-corrected chi connectivity index (χ3v) is 4.54. The number of H-pyrrole nitrogens is 1. The summed E-state index contributed by atoms with van der Waals surface area (Å²) >= 11 is 0. The number of nitrogens with one attached hydrogen (secondary N) is 2. The van der Waals surface area contributed by atoms with E-state index >= 15 is 0 Å². The molecule has 1 aromatic heterocycles. The standard InChI is InChI=1S/C17H19N5O4/c1-10(16-18-9-19-21-16)20-17(24)11-6-15(23)22(8-11)12-2-3-13-14(7-12)26-5-4-25-13/h2-3,7,9-11H,4-6,8H2,1H3,(H,20,24)(H,18,19,21). The first-order valence-corrected chi connectivity index (χ1v) is 8.47. The van der Waals surface area contributed by atoms with E-state index in [2.05, 4.69) is 20.5 Å². The van der Waals surface area contributed by atoms with Crippen molar-refractivity contribution in [1.82, 2.24) is 20.5 Å². The zero-order valence-corrected chi connectivity index (χ0v) is 14.3. The molecular formula is C17H19N5O4. The lowest BCUT2D eigenvalue weighted by atomic mass is 10.1. The van der Waals surface area contributed by atoms with Crippen molar-refractivity contribution in [3.63, 3.8) is 0 Å². The Kier molecular flexibility index (Phi) is 4.19. The van der Waals surface area contributed by atoms with Crippen LogP contribution in [0.15, 0.2) is 24.5 Å². The maximum atomic E-state index is 12.5. The molecule has 4 rings (SSSR count). The predicted molar refractivity (Wildman–Crippen MR) is 90.8 cm³/mol. The Labute approximate surface area is 149 Å². The van der Waals surface area contributed by atoms with Crippen molar-refractivity contribution < 1.29 is 19.1 Å². The van der Waals surface area contributed by atoms with E-state index in [0.29, 0.717) is 42.8 Å². The van der Waals surface area contributed by atoms with Gasteiger partial charge in [0.2, 0.25) is 11.8 Å². The monoisotopic (exact) mass is 357 g/mol. The van der Waals surface area contributed by atoms with Crippen LogP contribution in [0.1, 0.15) is 25.2 Å². The van der Waals surface area contributed by atoms with Gasteiger partial charge < -0.3 is 19.7 Å². The van der Waals surface area contributed by atoms with E-state index in [1.54, 1.807) is 17.0 Å². The molecule has 0 radical (unpaired) electrons. The molecule has 2 amide bonds. The van der Waals surface area contributed by atoms with Crippen LogP contribution in [0.4, 0.5) is 5.69 Å². The zero-order valence-electron chi connectivity index (χ0n) is 14.3. The van der Waals surface area contributed by atoms with Gasteiger partial charge in [-0.05, 0) is 19.1 Å². The van der Waals surface area contributed by atoms with E-state index in [9.17, 15) is 9.59 Å². The minimum Gasteiger partial charge on any atom is -0.486 e. The summed E-state index contributed by atoms with van der Waals surface area (Å²) in [5.74, 6) is 1.18. The highest BCUT2D eigenvalue weighted by atomic mass is 16.6. The molecule has 2 aliphatic heterocycles. The third kappa shape index (κ3) is 3.07. The number of carbonyl (C=O) groups excluding carboxylic acids is 2. The third-order valence-electron chi connectivity index (χ3n) is 4.54. The molecule has 26 heavy (non-hydrogen) atoms. The molecule has 1 fully saturated rings. The van der Waals surface area contributed by atoms with Crippen LogP contribution in [-0.4, -0.2) is 46.8 Å². The molecule has 9 nitrogen and oxygen atoms in total. The molecule has 2 unspecified atom stereocenters. The van der Waals surface area contributed by atoms with Crippen molar-refractivity contribution in [3.05, 3.63) is 30.4 Å². The first-order valence-electron chi connectivity index (χ1n) is 8.47. The molecule has 3 heterocycles. The summed E-state index contributed by atoms with van der Waals surface area (Å²) in [6.45, 7) is 3.14. The highest BCUT2D eigenvalue weighted by molar-refractivity contribution is 6.00. The van der Waals surface area contributed by atoms with E-state index < -0.39 is 5.92 Å². The van der Waals surface area contributed by atoms with Gasteiger partial charge in [0.15, 0.2) is 11.5 Å². The summed E-state index contributed by atoms with van der Waals surface area (Å²) in [5, 5.41) is 9.37. The van der Waals surface area contributed by atoms with Crippen LogP contribution in [-0.2, 0) is 9.59 Å². The van der Waals surface area contributed by atoms with Gasteiger partial charge in [-0.15, -0.1) is 0 Å². The Balaban J connectivity index is 1.44. The van der Waals surface area contributed by atoms with Crippen LogP contribution >= 0.6 is 0 Å². The molecule has 9 heteroatoms. The van der Waals surface area contributed by atoms with Crippen molar-refractivity contribution in [2.24, 2.45) is 5.92 Å². The van der Waals surface area contributed by atoms with Gasteiger partial charge in [-0.3, -0.25) is 14.7 Å². The number of hydrogen-bond acceptors (Lipinski definition) is 6. The number of ether oxygens (including phenoxy) is 2. The topological polar surface area (TPSA) is 109 Å². The predicted octanol–water partition coefficient (Wildman–Crippen LogP) is 0.806. The lowest BCUT2D eigenvalue weighted by Gasteiger charge is -2.22. The molecule has 1 aromatic carbocycles. The molecule has 136 valence electrons. The average Bonchev–Trinajstić information content (AvgIpc) is 3.31. The summed E-state index contributed by atoms with van der Waals surface area (Å²) in [4.78, 5) is 30.6. The number of aromatic amines is 1. The Bertz CT molecular complexity index is 823. The van der Waals surface area contributed by atoms with Crippen LogP contribution in [0.5, 0.6) is 11.5 Å². The van der Waals surface area contributed by atoms with Crippen molar-refractivity contribution in [2.45, 2.75) is 19.4 Å². The molecule has 0 spiro atoms. The molecule has 0 saturated carbocycles. The number of nitrogens with zero attached hydrogens (tertiary/aromatic N) is 3. The van der Waals surface area contributed by atoms with Gasteiger partial charge in [-0.1, -0.05) is 0 Å². The second kappa shape index (κ2) is 6.66. The quantitative estimate of drug-likeness (QED) is 0.838. The fourth-order valence-corrected chi connectivity index (χ4v) is 3.16. The van der Waals surface area contributed by atoms with Gasteiger partial charge in [0.25, 0.3) is 0 Å². The lowest BCUT2D eigenvalue weighted by Crippen LogP contribution is -2.35. The van der Waals surface area contributed by atoms with Crippen LogP contribution in [0.2, 0.25) is 0 Å². The molecular weight excluding hydrogens is 338 g/mol. The zero-order chi connectivity index (χ0) is 18.1. The number of rotatable bonds is 4. The number of carbonyl (C=O) groups is 2. The summed E-state index contributed by atoms with van der Waals surface area (Å²) in [6, 6.07) is 5.08. The largest absolute Gasteiger partial charge is 0.486 e. The van der Waals surface area contributed by atoms with Crippen molar-refractivity contribution in [2.75, 3.05) is 24.7 Å². The van der Waals surface area contributed by atoms with Gasteiger partial charge in [-0.2, -0.15) is 5.10 Å². The Morgan fingerprint density at radius 2 is 2.15 bits per heavy atom. The van der Waals surface area contributed by atoms with Crippen molar-refractivity contribution >= 4 is 17.5 Å². The Morgan fingerprint density at radius 1 is 1.35 bits per heavy atom. The maximum absolute atomic E-state index is 12.5. The highest BCUT2D eigenvalue weighted by Gasteiger charge is 2.36. The van der Waals surface area contributed by atoms with Gasteiger partial charge >= 0.3 is 0 Å². The summed E-state index contributed by atoms with van der Waals surface area (Å²) in [7, 11) is 0. The van der Waals surface area contributed by atoms with E-state index in [0.717, 1.165) is 0 Å².